The minimum Gasteiger partial charge on any atom is -0.493 e. The summed E-state index contributed by atoms with van der Waals surface area (Å²) in [6.45, 7) is 0.996. The maximum Gasteiger partial charge on any atom is 0.227 e. The molecule has 2 bridgehead atoms. The van der Waals surface area contributed by atoms with Crippen LogP contribution < -0.4 is 15.2 Å². The van der Waals surface area contributed by atoms with Crippen molar-refractivity contribution >= 4 is 5.91 Å². The van der Waals surface area contributed by atoms with Gasteiger partial charge in [0.15, 0.2) is 11.5 Å². The Morgan fingerprint density at radius 1 is 1.26 bits per heavy atom. The summed E-state index contributed by atoms with van der Waals surface area (Å²) in [5, 5.41) is 0. The lowest BCUT2D eigenvalue weighted by Gasteiger charge is -2.30. The van der Waals surface area contributed by atoms with Crippen molar-refractivity contribution in [2.45, 2.75) is 25.3 Å². The Morgan fingerprint density at radius 2 is 1.96 bits per heavy atom. The normalized spacial score (nSPS) is 28.7. The highest BCUT2D eigenvalue weighted by Gasteiger charge is 2.49. The molecule has 0 unspecified atom stereocenters. The maximum absolute atomic E-state index is 12.7. The Balaban J connectivity index is 1.51. The van der Waals surface area contributed by atoms with Crippen molar-refractivity contribution in [3.05, 3.63) is 24.3 Å². The van der Waals surface area contributed by atoms with Gasteiger partial charge in [-0.1, -0.05) is 12.1 Å². The molecule has 1 aromatic rings. The lowest BCUT2D eigenvalue weighted by atomic mass is 9.84. The molecule has 5 heteroatoms. The predicted molar refractivity (Wildman–Crippen MR) is 88.4 cm³/mol. The van der Waals surface area contributed by atoms with Crippen molar-refractivity contribution in [1.82, 2.24) is 4.90 Å². The lowest BCUT2D eigenvalue weighted by Crippen LogP contribution is -2.46. The monoisotopic (exact) mass is 318 g/mol. The zero-order valence-corrected chi connectivity index (χ0v) is 13.9. The molecule has 5 nitrogen and oxygen atoms in total. The predicted octanol–water partition coefficient (Wildman–Crippen LogP) is 1.91. The molecule has 2 saturated carbocycles. The molecule has 1 aromatic carbocycles. The molecule has 126 valence electrons. The van der Waals surface area contributed by atoms with E-state index in [0.717, 1.165) is 12.8 Å². The first-order valence-corrected chi connectivity index (χ1v) is 8.38. The Labute approximate surface area is 137 Å². The van der Waals surface area contributed by atoms with Crippen molar-refractivity contribution in [3.63, 3.8) is 0 Å². The van der Waals surface area contributed by atoms with E-state index >= 15 is 0 Å². The molecule has 2 aliphatic rings. The molecule has 2 N–H and O–H groups in total. The van der Waals surface area contributed by atoms with E-state index in [1.807, 2.05) is 31.3 Å². The third-order valence-electron chi connectivity index (χ3n) is 5.40. The van der Waals surface area contributed by atoms with Crippen LogP contribution in [-0.2, 0) is 4.79 Å². The fraction of sp³-hybridized carbons (Fsp3) is 0.611. The number of hydrogen-bond donors (Lipinski definition) is 1. The second kappa shape index (κ2) is 6.79. The van der Waals surface area contributed by atoms with E-state index in [1.54, 1.807) is 12.0 Å². The van der Waals surface area contributed by atoms with Crippen molar-refractivity contribution in [2.24, 2.45) is 23.5 Å². The highest BCUT2D eigenvalue weighted by atomic mass is 16.5. The highest BCUT2D eigenvalue weighted by Crippen LogP contribution is 2.48. The number of nitrogens with zero attached hydrogens (tertiary/aromatic N) is 1. The Kier molecular flexibility index (Phi) is 4.76. The Hall–Kier alpha value is -1.75. The zero-order valence-electron chi connectivity index (χ0n) is 13.9. The average Bonchev–Trinajstić information content (AvgIpc) is 3.15. The number of nitrogens with two attached hydrogens (primary N) is 1. The van der Waals surface area contributed by atoms with E-state index in [9.17, 15) is 4.79 Å². The number of amides is 1. The quantitative estimate of drug-likeness (QED) is 0.870. The van der Waals surface area contributed by atoms with Crippen LogP contribution in [0.25, 0.3) is 0 Å². The molecule has 2 aliphatic carbocycles. The second-order valence-corrected chi connectivity index (χ2v) is 6.70. The van der Waals surface area contributed by atoms with Gasteiger partial charge in [-0.15, -0.1) is 0 Å². The fourth-order valence-electron chi connectivity index (χ4n) is 4.10. The molecule has 0 spiro atoms. The van der Waals surface area contributed by atoms with E-state index in [1.165, 1.54) is 6.42 Å². The molecular weight excluding hydrogens is 292 g/mol. The largest absolute Gasteiger partial charge is 0.493 e. The molecule has 0 aromatic heterocycles. The summed E-state index contributed by atoms with van der Waals surface area (Å²) in [4.78, 5) is 14.4. The van der Waals surface area contributed by atoms with E-state index in [4.69, 9.17) is 15.2 Å². The van der Waals surface area contributed by atoms with Crippen LogP contribution in [0.4, 0.5) is 0 Å². The van der Waals surface area contributed by atoms with Crippen molar-refractivity contribution < 1.29 is 14.3 Å². The molecule has 0 aliphatic heterocycles. The first kappa shape index (κ1) is 16.1. The standard InChI is InChI=1S/C18H26N2O3/c1-20(9-10-23-15-6-4-3-5-14(15)22-2)18(21)16-12-7-8-13(11-12)17(16)19/h3-6,12-13,16-17H,7-11,19H2,1-2H3/t12-,13-,16-,17-/m0/s1. The molecule has 1 amide bonds. The van der Waals surface area contributed by atoms with Gasteiger partial charge in [-0.05, 0) is 43.2 Å². The van der Waals surface area contributed by atoms with Crippen LogP contribution >= 0.6 is 0 Å². The molecule has 2 fully saturated rings. The first-order chi connectivity index (χ1) is 11.1. The summed E-state index contributed by atoms with van der Waals surface area (Å²) in [6.07, 6.45) is 3.47. The van der Waals surface area contributed by atoms with Crippen LogP contribution in [0.5, 0.6) is 11.5 Å². The van der Waals surface area contributed by atoms with Crippen molar-refractivity contribution in [2.75, 3.05) is 27.3 Å². The van der Waals surface area contributed by atoms with Gasteiger partial charge in [-0.2, -0.15) is 0 Å². The number of para-hydroxylation sites is 2. The summed E-state index contributed by atoms with van der Waals surface area (Å²) in [5.74, 6) is 2.62. The summed E-state index contributed by atoms with van der Waals surface area (Å²) in [7, 11) is 3.46. The molecule has 0 radical (unpaired) electrons. The summed E-state index contributed by atoms with van der Waals surface area (Å²) in [5.41, 5.74) is 6.27. The van der Waals surface area contributed by atoms with Gasteiger partial charge in [0.2, 0.25) is 5.91 Å². The number of rotatable bonds is 6. The van der Waals surface area contributed by atoms with Gasteiger partial charge in [0.25, 0.3) is 0 Å². The van der Waals surface area contributed by atoms with Gasteiger partial charge in [0, 0.05) is 13.1 Å². The van der Waals surface area contributed by atoms with Gasteiger partial charge in [-0.25, -0.2) is 0 Å². The van der Waals surface area contributed by atoms with Crippen LogP contribution in [0, 0.1) is 17.8 Å². The molecule has 4 atom stereocenters. The van der Waals surface area contributed by atoms with Crippen LogP contribution in [0.1, 0.15) is 19.3 Å². The van der Waals surface area contributed by atoms with E-state index in [0.29, 0.717) is 36.5 Å². The summed E-state index contributed by atoms with van der Waals surface area (Å²) < 4.78 is 11.0. The smallest absolute Gasteiger partial charge is 0.227 e. The molecule has 3 rings (SSSR count). The Bertz CT molecular complexity index is 561. The van der Waals surface area contributed by atoms with Gasteiger partial charge >= 0.3 is 0 Å². The van der Waals surface area contributed by atoms with Crippen molar-refractivity contribution in [1.29, 1.82) is 0 Å². The molecular formula is C18H26N2O3. The number of hydrogen-bond acceptors (Lipinski definition) is 4. The van der Waals surface area contributed by atoms with Crippen LogP contribution in [-0.4, -0.2) is 44.2 Å². The minimum absolute atomic E-state index is 0.00464. The number of benzene rings is 1. The van der Waals surface area contributed by atoms with Gasteiger partial charge in [0.05, 0.1) is 19.6 Å². The summed E-state index contributed by atoms with van der Waals surface area (Å²) >= 11 is 0. The number of carbonyl (C=O) groups is 1. The molecule has 0 heterocycles. The third-order valence-corrected chi connectivity index (χ3v) is 5.40. The number of fused-ring (bicyclic) bond motifs is 2. The fourth-order valence-corrected chi connectivity index (χ4v) is 4.10. The lowest BCUT2D eigenvalue weighted by molar-refractivity contribution is -0.136. The van der Waals surface area contributed by atoms with Gasteiger partial charge in [-0.3, -0.25) is 4.79 Å². The first-order valence-electron chi connectivity index (χ1n) is 8.38. The highest BCUT2D eigenvalue weighted by molar-refractivity contribution is 5.80. The van der Waals surface area contributed by atoms with E-state index in [2.05, 4.69) is 0 Å². The van der Waals surface area contributed by atoms with Crippen molar-refractivity contribution in [3.8, 4) is 11.5 Å². The average molecular weight is 318 g/mol. The second-order valence-electron chi connectivity index (χ2n) is 6.70. The number of ether oxygens (including phenoxy) is 2. The number of carbonyl (C=O) groups excluding carboxylic acids is 1. The third kappa shape index (κ3) is 3.15. The van der Waals surface area contributed by atoms with Crippen LogP contribution in [0.2, 0.25) is 0 Å². The topological polar surface area (TPSA) is 64.8 Å². The number of likely N-dealkylation sites (N-methyl/N-ethyl adjacent to an activating group) is 1. The number of methoxy groups -OCH3 is 1. The molecule has 0 saturated heterocycles. The van der Waals surface area contributed by atoms with E-state index < -0.39 is 0 Å². The minimum atomic E-state index is 0.00464. The SMILES string of the molecule is COc1ccccc1OCCN(C)C(=O)[C@H]1[C@H]2CC[C@@H](C2)[C@@H]1N. The van der Waals surface area contributed by atoms with E-state index in [-0.39, 0.29) is 17.9 Å². The van der Waals surface area contributed by atoms with Gasteiger partial charge < -0.3 is 20.1 Å². The van der Waals surface area contributed by atoms with Crippen LogP contribution in [0.3, 0.4) is 0 Å². The Morgan fingerprint density at radius 3 is 2.61 bits per heavy atom. The molecule has 23 heavy (non-hydrogen) atoms. The zero-order chi connectivity index (χ0) is 16.4. The summed E-state index contributed by atoms with van der Waals surface area (Å²) in [6, 6.07) is 7.57. The van der Waals surface area contributed by atoms with Crippen LogP contribution in [0.15, 0.2) is 24.3 Å². The maximum atomic E-state index is 12.7. The van der Waals surface area contributed by atoms with Gasteiger partial charge in [0.1, 0.15) is 6.61 Å².